The topological polar surface area (TPSA) is 67.3 Å². The number of amides is 1. The highest BCUT2D eigenvalue weighted by molar-refractivity contribution is 7.13. The van der Waals surface area contributed by atoms with Crippen LogP contribution in [0.3, 0.4) is 0 Å². The summed E-state index contributed by atoms with van der Waals surface area (Å²) in [5, 5.41) is 10.8. The molecule has 1 aromatic heterocycles. The number of nitrogens with zero attached hydrogens (tertiary/aromatic N) is 3. The smallest absolute Gasteiger partial charge is 0.243 e. The standard InChI is InChI=1S/C17H24N4O2S/c1-12-6-7-15(13(2)10-12)23-9-5-8-21(4)14(3)16(22)19-17-20-18-11-24-17/h6-7,10-11,14H,5,8-9H2,1-4H3,(H,19,20,22)/t14-/m1/s1. The lowest BCUT2D eigenvalue weighted by atomic mass is 10.1. The van der Waals surface area contributed by atoms with Crippen LogP contribution in [-0.4, -0.2) is 47.2 Å². The number of anilines is 1. The first-order valence-electron chi connectivity index (χ1n) is 7.94. The number of ether oxygens (including phenoxy) is 1. The maximum Gasteiger partial charge on any atom is 0.243 e. The molecule has 0 unspecified atom stereocenters. The summed E-state index contributed by atoms with van der Waals surface area (Å²) in [6.07, 6.45) is 0.847. The average Bonchev–Trinajstić information content (AvgIpc) is 3.05. The summed E-state index contributed by atoms with van der Waals surface area (Å²) in [4.78, 5) is 14.1. The Hall–Kier alpha value is -1.99. The Bertz CT molecular complexity index is 661. The summed E-state index contributed by atoms with van der Waals surface area (Å²) < 4.78 is 5.82. The van der Waals surface area contributed by atoms with Crippen LogP contribution in [0.4, 0.5) is 5.13 Å². The van der Waals surface area contributed by atoms with Crippen LogP contribution in [0.25, 0.3) is 0 Å². The van der Waals surface area contributed by atoms with Crippen molar-refractivity contribution in [2.24, 2.45) is 0 Å². The summed E-state index contributed by atoms with van der Waals surface area (Å²) in [5.74, 6) is 0.842. The Morgan fingerprint density at radius 2 is 2.21 bits per heavy atom. The molecule has 0 spiro atoms. The Balaban J connectivity index is 1.72. The largest absolute Gasteiger partial charge is 0.493 e. The third kappa shape index (κ3) is 5.28. The molecule has 1 heterocycles. The molecule has 7 heteroatoms. The van der Waals surface area contributed by atoms with E-state index in [1.165, 1.54) is 16.9 Å². The molecule has 24 heavy (non-hydrogen) atoms. The summed E-state index contributed by atoms with van der Waals surface area (Å²) in [6, 6.07) is 5.93. The van der Waals surface area contributed by atoms with Crippen LogP contribution in [0, 0.1) is 13.8 Å². The van der Waals surface area contributed by atoms with Crippen molar-refractivity contribution in [2.45, 2.75) is 33.2 Å². The lowest BCUT2D eigenvalue weighted by Crippen LogP contribution is -2.40. The normalized spacial score (nSPS) is 12.2. The summed E-state index contributed by atoms with van der Waals surface area (Å²) in [5.41, 5.74) is 3.97. The summed E-state index contributed by atoms with van der Waals surface area (Å²) in [7, 11) is 1.93. The van der Waals surface area contributed by atoms with Crippen LogP contribution in [-0.2, 0) is 4.79 Å². The zero-order valence-electron chi connectivity index (χ0n) is 14.6. The van der Waals surface area contributed by atoms with Gasteiger partial charge in [0.05, 0.1) is 12.6 Å². The van der Waals surface area contributed by atoms with Crippen LogP contribution in [0.1, 0.15) is 24.5 Å². The minimum absolute atomic E-state index is 0.0791. The van der Waals surface area contributed by atoms with Crippen molar-refractivity contribution < 1.29 is 9.53 Å². The Labute approximate surface area is 146 Å². The molecule has 130 valence electrons. The summed E-state index contributed by atoms with van der Waals surface area (Å²) in [6.45, 7) is 7.39. The van der Waals surface area contributed by atoms with Crippen LogP contribution in [0.2, 0.25) is 0 Å². The van der Waals surface area contributed by atoms with Gasteiger partial charge < -0.3 is 4.74 Å². The average molecular weight is 348 g/mol. The lowest BCUT2D eigenvalue weighted by Gasteiger charge is -2.23. The first-order chi connectivity index (χ1) is 11.5. The van der Waals surface area contributed by atoms with Crippen LogP contribution in [0.15, 0.2) is 23.7 Å². The van der Waals surface area contributed by atoms with Gasteiger partial charge in [-0.25, -0.2) is 0 Å². The van der Waals surface area contributed by atoms with Crippen LogP contribution in [0.5, 0.6) is 5.75 Å². The first-order valence-corrected chi connectivity index (χ1v) is 8.82. The molecule has 0 radical (unpaired) electrons. The molecule has 1 amide bonds. The van der Waals surface area contributed by atoms with Crippen LogP contribution < -0.4 is 10.1 Å². The SMILES string of the molecule is Cc1ccc(OCCCN(C)[C@H](C)C(=O)Nc2nncs2)c(C)c1. The molecule has 0 saturated carbocycles. The molecule has 0 saturated heterocycles. The Morgan fingerprint density at radius 3 is 2.88 bits per heavy atom. The number of aryl methyl sites for hydroxylation is 2. The van der Waals surface area contributed by atoms with E-state index >= 15 is 0 Å². The minimum Gasteiger partial charge on any atom is -0.493 e. The summed E-state index contributed by atoms with van der Waals surface area (Å²) >= 11 is 1.31. The zero-order valence-corrected chi connectivity index (χ0v) is 15.4. The number of hydrogen-bond donors (Lipinski definition) is 1. The molecule has 6 nitrogen and oxygen atoms in total. The highest BCUT2D eigenvalue weighted by Gasteiger charge is 2.18. The van der Waals surface area contributed by atoms with E-state index in [2.05, 4.69) is 28.5 Å². The van der Waals surface area contributed by atoms with Gasteiger partial charge in [-0.1, -0.05) is 29.0 Å². The molecule has 0 aliphatic heterocycles. The second kappa shape index (κ2) is 8.75. The van der Waals surface area contributed by atoms with Crippen LogP contribution >= 0.6 is 11.3 Å². The molecular weight excluding hydrogens is 324 g/mol. The number of benzene rings is 1. The predicted molar refractivity (Wildman–Crippen MR) is 96.7 cm³/mol. The molecule has 0 aliphatic rings. The molecule has 1 atom stereocenters. The zero-order chi connectivity index (χ0) is 17.5. The van der Waals surface area contributed by atoms with E-state index in [0.717, 1.165) is 24.3 Å². The molecule has 1 N–H and O–H groups in total. The van der Waals surface area contributed by atoms with E-state index in [1.807, 2.05) is 37.9 Å². The highest BCUT2D eigenvalue weighted by Crippen LogP contribution is 2.18. The van der Waals surface area contributed by atoms with Gasteiger partial charge in [0.15, 0.2) is 0 Å². The van der Waals surface area contributed by atoms with Gasteiger partial charge in [-0.2, -0.15) is 0 Å². The fourth-order valence-electron chi connectivity index (χ4n) is 2.29. The maximum atomic E-state index is 12.1. The van der Waals surface area contributed by atoms with E-state index in [0.29, 0.717) is 11.7 Å². The first kappa shape index (κ1) is 18.4. The number of likely N-dealkylation sites (N-methyl/N-ethyl adjacent to an activating group) is 1. The quantitative estimate of drug-likeness (QED) is 0.743. The number of aromatic nitrogens is 2. The van der Waals surface area contributed by atoms with Gasteiger partial charge in [0.25, 0.3) is 0 Å². The third-order valence-electron chi connectivity index (χ3n) is 3.87. The van der Waals surface area contributed by atoms with Gasteiger partial charge in [0.1, 0.15) is 11.3 Å². The number of nitrogens with one attached hydrogen (secondary N) is 1. The van der Waals surface area contributed by atoms with Gasteiger partial charge in [-0.3, -0.25) is 15.0 Å². The van der Waals surface area contributed by atoms with Crippen molar-refractivity contribution in [3.05, 3.63) is 34.8 Å². The highest BCUT2D eigenvalue weighted by atomic mass is 32.1. The second-order valence-electron chi connectivity index (χ2n) is 5.86. The van der Waals surface area contributed by atoms with E-state index in [-0.39, 0.29) is 11.9 Å². The van der Waals surface area contributed by atoms with E-state index < -0.39 is 0 Å². The number of hydrogen-bond acceptors (Lipinski definition) is 6. The predicted octanol–water partition coefficient (Wildman–Crippen LogP) is 2.88. The second-order valence-corrected chi connectivity index (χ2v) is 6.69. The van der Waals surface area contributed by atoms with Crippen molar-refractivity contribution in [1.29, 1.82) is 0 Å². The number of carbonyl (C=O) groups excluding carboxylic acids is 1. The van der Waals surface area contributed by atoms with Gasteiger partial charge in [0.2, 0.25) is 11.0 Å². The van der Waals surface area contributed by atoms with Crippen molar-refractivity contribution in [1.82, 2.24) is 15.1 Å². The fourth-order valence-corrected chi connectivity index (χ4v) is 2.74. The van der Waals surface area contributed by atoms with Crippen molar-refractivity contribution in [2.75, 3.05) is 25.5 Å². The molecule has 0 fully saturated rings. The molecule has 0 aliphatic carbocycles. The molecular formula is C17H24N4O2S. The van der Waals surface area contributed by atoms with Crippen molar-refractivity contribution in [3.8, 4) is 5.75 Å². The molecule has 1 aromatic carbocycles. The minimum atomic E-state index is -0.241. The Kier molecular flexibility index (Phi) is 6.69. The number of rotatable bonds is 8. The van der Waals surface area contributed by atoms with Gasteiger partial charge in [-0.15, -0.1) is 10.2 Å². The van der Waals surface area contributed by atoms with E-state index in [9.17, 15) is 4.79 Å². The van der Waals surface area contributed by atoms with Gasteiger partial charge >= 0.3 is 0 Å². The van der Waals surface area contributed by atoms with Crippen molar-refractivity contribution in [3.63, 3.8) is 0 Å². The van der Waals surface area contributed by atoms with Crippen molar-refractivity contribution >= 4 is 22.4 Å². The van der Waals surface area contributed by atoms with E-state index in [1.54, 1.807) is 5.51 Å². The molecule has 0 bridgehead atoms. The third-order valence-corrected chi connectivity index (χ3v) is 4.48. The monoisotopic (exact) mass is 348 g/mol. The van der Waals surface area contributed by atoms with Gasteiger partial charge in [-0.05, 0) is 45.9 Å². The number of carbonyl (C=O) groups is 1. The van der Waals surface area contributed by atoms with Gasteiger partial charge in [0, 0.05) is 6.54 Å². The fraction of sp³-hybridized carbons (Fsp3) is 0.471. The van der Waals surface area contributed by atoms with E-state index in [4.69, 9.17) is 4.74 Å². The molecule has 2 aromatic rings. The molecule has 2 rings (SSSR count). The lowest BCUT2D eigenvalue weighted by molar-refractivity contribution is -0.120. The Morgan fingerprint density at radius 1 is 1.42 bits per heavy atom. The maximum absolute atomic E-state index is 12.1.